The van der Waals surface area contributed by atoms with Gasteiger partial charge in [0.2, 0.25) is 0 Å². The minimum Gasteiger partial charge on any atom is -0.479 e. The highest BCUT2D eigenvalue weighted by atomic mass is 35.5. The Morgan fingerprint density at radius 1 is 1.44 bits per heavy atom. The van der Waals surface area contributed by atoms with Gasteiger partial charge < -0.3 is 15.2 Å². The Balaban J connectivity index is 2.47. The molecule has 0 heterocycles. The average molecular weight is 272 g/mol. The molecule has 100 valence electrons. The molecule has 1 aromatic carbocycles. The second-order valence-electron chi connectivity index (χ2n) is 4.22. The molecule has 0 aliphatic carbocycles. The molecule has 0 aromatic heterocycles. The Morgan fingerprint density at radius 2 is 2.11 bits per heavy atom. The van der Waals surface area contributed by atoms with Crippen molar-refractivity contribution in [3.05, 3.63) is 29.3 Å². The Kier molecular flexibility index (Phi) is 5.95. The van der Waals surface area contributed by atoms with E-state index in [9.17, 15) is 4.79 Å². The lowest BCUT2D eigenvalue weighted by atomic mass is 10.2. The average Bonchev–Trinajstić information content (AvgIpc) is 2.38. The number of ether oxygens (including phenoxy) is 1. The van der Waals surface area contributed by atoms with Crippen LogP contribution in [0.3, 0.4) is 0 Å². The lowest BCUT2D eigenvalue weighted by Gasteiger charge is -2.16. The van der Waals surface area contributed by atoms with Crippen LogP contribution in [0.5, 0.6) is 5.75 Å². The number of halogens is 1. The van der Waals surface area contributed by atoms with Gasteiger partial charge in [0.1, 0.15) is 5.75 Å². The second kappa shape index (κ2) is 7.24. The zero-order valence-corrected chi connectivity index (χ0v) is 11.3. The van der Waals surface area contributed by atoms with Gasteiger partial charge in [-0.2, -0.15) is 0 Å². The summed E-state index contributed by atoms with van der Waals surface area (Å²) in [5.41, 5.74) is 0. The molecule has 5 heteroatoms. The molecule has 2 atom stereocenters. The molecule has 0 saturated heterocycles. The summed E-state index contributed by atoms with van der Waals surface area (Å²) in [4.78, 5) is 11.7. The number of aliphatic hydroxyl groups excluding tert-OH is 1. The molecule has 4 nitrogen and oxygen atoms in total. The summed E-state index contributed by atoms with van der Waals surface area (Å²) in [7, 11) is 0. The van der Waals surface area contributed by atoms with E-state index >= 15 is 0 Å². The maximum absolute atomic E-state index is 11.7. The van der Waals surface area contributed by atoms with Crippen LogP contribution < -0.4 is 10.1 Å². The minimum atomic E-state index is -0.629. The van der Waals surface area contributed by atoms with E-state index in [2.05, 4.69) is 5.32 Å². The summed E-state index contributed by atoms with van der Waals surface area (Å²) < 4.78 is 5.47. The SMILES string of the molecule is CC(CO)CNC(=O)C(C)Oc1ccccc1Cl. The molecule has 1 rings (SSSR count). The number of para-hydroxylation sites is 1. The molecule has 0 spiro atoms. The molecule has 0 aliphatic rings. The van der Waals surface area contributed by atoms with Crippen molar-refractivity contribution in [2.45, 2.75) is 20.0 Å². The maximum Gasteiger partial charge on any atom is 0.260 e. The van der Waals surface area contributed by atoms with Gasteiger partial charge in [-0.25, -0.2) is 0 Å². The highest BCUT2D eigenvalue weighted by molar-refractivity contribution is 6.32. The molecule has 0 aliphatic heterocycles. The fourth-order valence-corrected chi connectivity index (χ4v) is 1.45. The number of benzene rings is 1. The van der Waals surface area contributed by atoms with E-state index in [-0.39, 0.29) is 18.4 Å². The molecule has 0 fully saturated rings. The van der Waals surface area contributed by atoms with Crippen molar-refractivity contribution in [3.63, 3.8) is 0 Å². The van der Waals surface area contributed by atoms with Gasteiger partial charge in [-0.05, 0) is 25.0 Å². The number of hydrogen-bond acceptors (Lipinski definition) is 3. The van der Waals surface area contributed by atoms with Crippen LogP contribution in [0.4, 0.5) is 0 Å². The van der Waals surface area contributed by atoms with Crippen molar-refractivity contribution in [2.75, 3.05) is 13.2 Å². The standard InChI is InChI=1S/C13H18ClNO3/c1-9(8-16)7-15-13(17)10(2)18-12-6-4-3-5-11(12)14/h3-6,9-10,16H,7-8H2,1-2H3,(H,15,17). The predicted molar refractivity (Wildman–Crippen MR) is 70.8 cm³/mol. The first-order chi connectivity index (χ1) is 8.54. The molecule has 18 heavy (non-hydrogen) atoms. The van der Waals surface area contributed by atoms with Crippen molar-refractivity contribution < 1.29 is 14.6 Å². The van der Waals surface area contributed by atoms with E-state index < -0.39 is 6.10 Å². The Labute approximate surface area is 112 Å². The van der Waals surface area contributed by atoms with Gasteiger partial charge in [-0.15, -0.1) is 0 Å². The molecule has 2 unspecified atom stereocenters. The number of nitrogens with one attached hydrogen (secondary N) is 1. The van der Waals surface area contributed by atoms with Gasteiger partial charge in [0.15, 0.2) is 6.10 Å². The van der Waals surface area contributed by atoms with Crippen LogP contribution in [0.25, 0.3) is 0 Å². The van der Waals surface area contributed by atoms with E-state index in [0.29, 0.717) is 17.3 Å². The first-order valence-corrected chi connectivity index (χ1v) is 6.22. The van der Waals surface area contributed by atoms with Gasteiger partial charge in [-0.3, -0.25) is 4.79 Å². The van der Waals surface area contributed by atoms with Crippen molar-refractivity contribution in [1.29, 1.82) is 0 Å². The number of aliphatic hydroxyl groups is 1. The Hall–Kier alpha value is -1.26. The monoisotopic (exact) mass is 271 g/mol. The van der Waals surface area contributed by atoms with Crippen LogP contribution in [-0.2, 0) is 4.79 Å². The van der Waals surface area contributed by atoms with Crippen molar-refractivity contribution in [1.82, 2.24) is 5.32 Å². The van der Waals surface area contributed by atoms with Crippen LogP contribution in [0.1, 0.15) is 13.8 Å². The van der Waals surface area contributed by atoms with Gasteiger partial charge in [0.25, 0.3) is 5.91 Å². The third kappa shape index (κ3) is 4.55. The normalized spacial score (nSPS) is 13.8. The summed E-state index contributed by atoms with van der Waals surface area (Å²) >= 11 is 5.93. The van der Waals surface area contributed by atoms with Crippen LogP contribution in [0, 0.1) is 5.92 Å². The minimum absolute atomic E-state index is 0.0291. The van der Waals surface area contributed by atoms with Crippen molar-refractivity contribution in [3.8, 4) is 5.75 Å². The molecule has 1 aromatic rings. The van der Waals surface area contributed by atoms with Crippen LogP contribution in [-0.4, -0.2) is 30.3 Å². The van der Waals surface area contributed by atoms with E-state index in [0.717, 1.165) is 0 Å². The van der Waals surface area contributed by atoms with E-state index in [1.165, 1.54) is 0 Å². The molecular weight excluding hydrogens is 254 g/mol. The topological polar surface area (TPSA) is 58.6 Å². The van der Waals surface area contributed by atoms with Gasteiger partial charge >= 0.3 is 0 Å². The quantitative estimate of drug-likeness (QED) is 0.830. The number of carbonyl (C=O) groups is 1. The van der Waals surface area contributed by atoms with Gasteiger partial charge in [0, 0.05) is 13.2 Å². The van der Waals surface area contributed by atoms with E-state index in [4.69, 9.17) is 21.4 Å². The van der Waals surface area contributed by atoms with Crippen LogP contribution >= 0.6 is 11.6 Å². The summed E-state index contributed by atoms with van der Waals surface area (Å²) in [6, 6.07) is 7.00. The third-order valence-electron chi connectivity index (χ3n) is 2.45. The largest absolute Gasteiger partial charge is 0.479 e. The summed E-state index contributed by atoms with van der Waals surface area (Å²) in [5.74, 6) is 0.286. The molecule has 1 amide bonds. The highest BCUT2D eigenvalue weighted by Crippen LogP contribution is 2.24. The molecule has 0 saturated carbocycles. The maximum atomic E-state index is 11.7. The van der Waals surface area contributed by atoms with Gasteiger partial charge in [-0.1, -0.05) is 30.7 Å². The molecule has 2 N–H and O–H groups in total. The molecular formula is C13H18ClNO3. The summed E-state index contributed by atoms with van der Waals surface area (Å²) in [5, 5.41) is 12.0. The zero-order chi connectivity index (χ0) is 13.5. The smallest absolute Gasteiger partial charge is 0.260 e. The molecule has 0 bridgehead atoms. The Bertz CT molecular complexity index is 398. The number of hydrogen-bond donors (Lipinski definition) is 2. The van der Waals surface area contributed by atoms with E-state index in [1.54, 1.807) is 31.2 Å². The van der Waals surface area contributed by atoms with Gasteiger partial charge in [0.05, 0.1) is 5.02 Å². The summed E-state index contributed by atoms with van der Waals surface area (Å²) in [6.07, 6.45) is -0.629. The number of rotatable bonds is 6. The first kappa shape index (κ1) is 14.8. The van der Waals surface area contributed by atoms with Crippen LogP contribution in [0.2, 0.25) is 5.02 Å². The third-order valence-corrected chi connectivity index (χ3v) is 2.76. The fraction of sp³-hybridized carbons (Fsp3) is 0.462. The van der Waals surface area contributed by atoms with Crippen molar-refractivity contribution >= 4 is 17.5 Å². The lowest BCUT2D eigenvalue weighted by Crippen LogP contribution is -2.39. The Morgan fingerprint density at radius 3 is 2.72 bits per heavy atom. The van der Waals surface area contributed by atoms with E-state index in [1.807, 2.05) is 6.92 Å². The number of amides is 1. The highest BCUT2D eigenvalue weighted by Gasteiger charge is 2.16. The summed E-state index contributed by atoms with van der Waals surface area (Å²) in [6.45, 7) is 3.97. The zero-order valence-electron chi connectivity index (χ0n) is 10.5. The second-order valence-corrected chi connectivity index (χ2v) is 4.63. The number of carbonyl (C=O) groups excluding carboxylic acids is 1. The van der Waals surface area contributed by atoms with Crippen LogP contribution in [0.15, 0.2) is 24.3 Å². The fourth-order valence-electron chi connectivity index (χ4n) is 1.27. The predicted octanol–water partition coefficient (Wildman–Crippen LogP) is 1.85. The lowest BCUT2D eigenvalue weighted by molar-refractivity contribution is -0.127. The van der Waals surface area contributed by atoms with Crippen molar-refractivity contribution in [2.24, 2.45) is 5.92 Å². The first-order valence-electron chi connectivity index (χ1n) is 5.84. The molecule has 0 radical (unpaired) electrons.